The van der Waals surface area contributed by atoms with Gasteiger partial charge in [-0.2, -0.15) is 13.2 Å². The van der Waals surface area contributed by atoms with Gasteiger partial charge < -0.3 is 9.15 Å². The Labute approximate surface area is 170 Å². The molecule has 3 aromatic rings. The first-order chi connectivity index (χ1) is 14.0. The zero-order valence-electron chi connectivity index (χ0n) is 15.5. The Morgan fingerprint density at radius 2 is 1.90 bits per heavy atom. The zero-order valence-corrected chi connectivity index (χ0v) is 16.2. The third kappa shape index (κ3) is 3.72. The third-order valence-electron chi connectivity index (χ3n) is 4.37. The van der Waals surface area contributed by atoms with Gasteiger partial charge in [0.25, 0.3) is 5.56 Å². The molecular weight excluding hydrogens is 436 g/mol. The normalized spacial score (nSPS) is 11.8. The molecule has 7 nitrogen and oxygen atoms in total. The number of ether oxygens (including phenoxy) is 1. The average molecular weight is 449 g/mol. The van der Waals surface area contributed by atoms with E-state index in [0.29, 0.717) is 0 Å². The number of carbonyl (C=O) groups is 1. The highest BCUT2D eigenvalue weighted by Crippen LogP contribution is 2.34. The van der Waals surface area contributed by atoms with Crippen LogP contribution in [0.25, 0.3) is 16.7 Å². The van der Waals surface area contributed by atoms with E-state index in [2.05, 4.69) is 4.74 Å². The average Bonchev–Trinajstić information content (AvgIpc) is 3.08. The summed E-state index contributed by atoms with van der Waals surface area (Å²) in [5.41, 5.74) is -4.98. The summed E-state index contributed by atoms with van der Waals surface area (Å²) in [5, 5.41) is -0.300. The van der Waals surface area contributed by atoms with Crippen LogP contribution in [0.4, 0.5) is 17.6 Å². The Balaban J connectivity index is 2.28. The molecule has 0 unspecified atom stereocenters. The van der Waals surface area contributed by atoms with Crippen molar-refractivity contribution in [2.45, 2.75) is 19.0 Å². The van der Waals surface area contributed by atoms with Crippen molar-refractivity contribution in [2.75, 3.05) is 7.11 Å². The molecule has 0 aliphatic heterocycles. The minimum Gasteiger partial charge on any atom is -0.469 e. The molecule has 160 valence electrons. The molecule has 2 heterocycles. The van der Waals surface area contributed by atoms with E-state index in [1.807, 2.05) is 0 Å². The molecule has 0 saturated heterocycles. The molecular formula is C18H13ClF4N2O5. The van der Waals surface area contributed by atoms with E-state index < -0.39 is 40.6 Å². The maximum absolute atomic E-state index is 14.7. The fourth-order valence-electron chi connectivity index (χ4n) is 2.95. The highest BCUT2D eigenvalue weighted by Gasteiger charge is 2.35. The monoisotopic (exact) mass is 448 g/mol. The van der Waals surface area contributed by atoms with E-state index in [0.717, 1.165) is 13.1 Å². The number of carbonyl (C=O) groups excluding carboxylic acids is 1. The van der Waals surface area contributed by atoms with Crippen LogP contribution in [-0.4, -0.2) is 22.2 Å². The number of aryl methyl sites for hydroxylation is 1. The van der Waals surface area contributed by atoms with Gasteiger partial charge in [-0.05, 0) is 12.1 Å². The number of alkyl halides is 3. The second-order valence-corrected chi connectivity index (χ2v) is 6.67. The summed E-state index contributed by atoms with van der Waals surface area (Å²) < 4.78 is 64.4. The molecule has 0 atom stereocenters. The maximum Gasteiger partial charge on any atom is 0.431 e. The molecule has 1 aromatic carbocycles. The predicted molar refractivity (Wildman–Crippen MR) is 97.4 cm³/mol. The number of fused-ring (bicyclic) bond motifs is 1. The van der Waals surface area contributed by atoms with Crippen LogP contribution in [0.2, 0.25) is 5.02 Å². The van der Waals surface area contributed by atoms with Crippen LogP contribution in [0.15, 0.2) is 32.2 Å². The number of hydrogen-bond acceptors (Lipinski definition) is 5. The van der Waals surface area contributed by atoms with Crippen molar-refractivity contribution in [1.82, 2.24) is 9.13 Å². The number of furan rings is 1. The molecule has 2 aromatic heterocycles. The van der Waals surface area contributed by atoms with Crippen molar-refractivity contribution in [1.29, 1.82) is 0 Å². The van der Waals surface area contributed by atoms with Crippen LogP contribution in [0.5, 0.6) is 0 Å². The van der Waals surface area contributed by atoms with Crippen LogP contribution < -0.4 is 11.2 Å². The van der Waals surface area contributed by atoms with Crippen molar-refractivity contribution in [3.05, 3.63) is 61.3 Å². The van der Waals surface area contributed by atoms with E-state index in [-0.39, 0.29) is 49.8 Å². The van der Waals surface area contributed by atoms with Crippen LogP contribution in [0, 0.1) is 5.82 Å². The molecule has 0 amide bonds. The summed E-state index contributed by atoms with van der Waals surface area (Å²) in [7, 11) is 2.00. The first-order valence-electron chi connectivity index (χ1n) is 8.33. The largest absolute Gasteiger partial charge is 0.469 e. The third-order valence-corrected chi connectivity index (χ3v) is 4.65. The van der Waals surface area contributed by atoms with Crippen LogP contribution in [-0.2, 0) is 29.2 Å². The van der Waals surface area contributed by atoms with E-state index >= 15 is 0 Å². The number of methoxy groups -OCH3 is 1. The van der Waals surface area contributed by atoms with E-state index in [9.17, 15) is 31.9 Å². The number of nitrogens with zero attached hydrogens (tertiary/aromatic N) is 2. The Morgan fingerprint density at radius 1 is 1.23 bits per heavy atom. The molecule has 3 rings (SSSR count). The number of benzene rings is 1. The van der Waals surface area contributed by atoms with Crippen molar-refractivity contribution >= 4 is 28.5 Å². The topological polar surface area (TPSA) is 83.4 Å². The number of halogens is 5. The van der Waals surface area contributed by atoms with Crippen LogP contribution in [0.1, 0.15) is 17.9 Å². The summed E-state index contributed by atoms with van der Waals surface area (Å²) in [6.45, 7) is 0. The summed E-state index contributed by atoms with van der Waals surface area (Å²) in [5.74, 6) is -1.49. The Kier molecular flexibility index (Phi) is 5.50. The maximum atomic E-state index is 14.7. The number of hydrogen-bond donors (Lipinski definition) is 0. The summed E-state index contributed by atoms with van der Waals surface area (Å²) in [4.78, 5) is 36.2. The standard InChI is InChI=1S/C18H13ClF4N2O5/c1-24-12(18(21,22)23)7-13(26)25(17(24)28)15-9-5-8(3-4-14(27)29-2)30-16(9)10(19)6-11(15)20/h5-7H,3-4H2,1-2H3. The van der Waals surface area contributed by atoms with Crippen LogP contribution in [0.3, 0.4) is 0 Å². The second-order valence-electron chi connectivity index (χ2n) is 6.26. The molecule has 0 spiro atoms. The highest BCUT2D eigenvalue weighted by atomic mass is 35.5. The molecule has 30 heavy (non-hydrogen) atoms. The SMILES string of the molecule is COC(=O)CCc1cc2c(-n3c(=O)cc(C(F)(F)F)n(C)c3=O)c(F)cc(Cl)c2o1. The lowest BCUT2D eigenvalue weighted by atomic mass is 10.1. The predicted octanol–water partition coefficient (Wildman–Crippen LogP) is 3.20. The molecule has 0 saturated carbocycles. The van der Waals surface area contributed by atoms with Gasteiger partial charge in [-0.15, -0.1) is 0 Å². The highest BCUT2D eigenvalue weighted by molar-refractivity contribution is 6.35. The first kappa shape index (κ1) is 21.6. The molecule has 0 fully saturated rings. The van der Waals surface area contributed by atoms with E-state index in [1.165, 1.54) is 13.2 Å². The molecule has 0 aliphatic rings. The Bertz CT molecular complexity index is 1270. The fraction of sp³-hybridized carbons (Fsp3) is 0.278. The van der Waals surface area contributed by atoms with Gasteiger partial charge in [0.15, 0.2) is 5.58 Å². The van der Waals surface area contributed by atoms with Gasteiger partial charge in [0.1, 0.15) is 23.0 Å². The minimum absolute atomic E-state index is 0.0403. The fourth-order valence-corrected chi connectivity index (χ4v) is 3.19. The Morgan fingerprint density at radius 3 is 2.50 bits per heavy atom. The van der Waals surface area contributed by atoms with Gasteiger partial charge in [0, 0.05) is 24.9 Å². The van der Waals surface area contributed by atoms with E-state index in [1.54, 1.807) is 0 Å². The van der Waals surface area contributed by atoms with Gasteiger partial charge in [0.2, 0.25) is 0 Å². The lowest BCUT2D eigenvalue weighted by Gasteiger charge is -2.14. The van der Waals surface area contributed by atoms with Gasteiger partial charge in [0.05, 0.1) is 18.6 Å². The quantitative estimate of drug-likeness (QED) is 0.452. The lowest BCUT2D eigenvalue weighted by molar-refractivity contribution is -0.144. The summed E-state index contributed by atoms with van der Waals surface area (Å²) >= 11 is 5.98. The summed E-state index contributed by atoms with van der Waals surface area (Å²) in [6, 6.07) is 2.22. The van der Waals surface area contributed by atoms with Gasteiger partial charge >= 0.3 is 17.8 Å². The number of rotatable bonds is 4. The molecule has 0 radical (unpaired) electrons. The molecule has 12 heteroatoms. The van der Waals surface area contributed by atoms with Crippen molar-refractivity contribution in [3.8, 4) is 5.69 Å². The molecule has 0 bridgehead atoms. The summed E-state index contributed by atoms with van der Waals surface area (Å²) in [6.07, 6.45) is -5.00. The number of esters is 1. The van der Waals surface area contributed by atoms with Crippen molar-refractivity contribution in [2.24, 2.45) is 7.05 Å². The van der Waals surface area contributed by atoms with E-state index in [4.69, 9.17) is 16.0 Å². The van der Waals surface area contributed by atoms with Gasteiger partial charge in [-0.3, -0.25) is 14.2 Å². The minimum atomic E-state index is -4.96. The lowest BCUT2D eigenvalue weighted by Crippen LogP contribution is -2.41. The number of aromatic nitrogens is 2. The van der Waals surface area contributed by atoms with Crippen molar-refractivity contribution in [3.63, 3.8) is 0 Å². The molecule has 0 N–H and O–H groups in total. The van der Waals surface area contributed by atoms with Gasteiger partial charge in [-0.1, -0.05) is 11.6 Å². The smallest absolute Gasteiger partial charge is 0.431 e. The van der Waals surface area contributed by atoms with Crippen LogP contribution >= 0.6 is 11.6 Å². The second kappa shape index (κ2) is 7.63. The zero-order chi connectivity index (χ0) is 22.4. The molecule has 0 aliphatic carbocycles. The first-order valence-corrected chi connectivity index (χ1v) is 8.71. The van der Waals surface area contributed by atoms with Gasteiger partial charge in [-0.25, -0.2) is 13.8 Å². The van der Waals surface area contributed by atoms with Crippen molar-refractivity contribution < 1.29 is 31.5 Å². The Hall–Kier alpha value is -3.08.